The van der Waals surface area contributed by atoms with Crippen LogP contribution in [0, 0.1) is 5.82 Å². The summed E-state index contributed by atoms with van der Waals surface area (Å²) in [6.45, 7) is 7.36. The molecule has 5 nitrogen and oxygen atoms in total. The Kier molecular flexibility index (Phi) is 4.81. The van der Waals surface area contributed by atoms with Gasteiger partial charge in [0.15, 0.2) is 0 Å². The van der Waals surface area contributed by atoms with Crippen LogP contribution in [0.1, 0.15) is 43.6 Å². The van der Waals surface area contributed by atoms with Gasteiger partial charge in [0.2, 0.25) is 0 Å². The van der Waals surface area contributed by atoms with Crippen LogP contribution in [0.15, 0.2) is 30.6 Å². The fraction of sp³-hybridized carbons (Fsp3) is 0.579. The third kappa shape index (κ3) is 3.60. The highest BCUT2D eigenvalue weighted by atomic mass is 19.1. The van der Waals surface area contributed by atoms with Crippen LogP contribution >= 0.6 is 0 Å². The predicted octanol–water partition coefficient (Wildman–Crippen LogP) is 2.70. The van der Waals surface area contributed by atoms with E-state index >= 15 is 0 Å². The number of benzene rings is 1. The Labute approximate surface area is 148 Å². The van der Waals surface area contributed by atoms with E-state index in [9.17, 15) is 4.39 Å². The zero-order valence-corrected chi connectivity index (χ0v) is 14.8. The first-order valence-corrected chi connectivity index (χ1v) is 9.31. The minimum Gasteiger partial charge on any atom is -0.312 e. The molecule has 2 fully saturated rings. The molecule has 2 aliphatic rings. The van der Waals surface area contributed by atoms with Gasteiger partial charge in [0.25, 0.3) is 0 Å². The van der Waals surface area contributed by atoms with Crippen LogP contribution in [0.2, 0.25) is 0 Å². The second-order valence-corrected chi connectivity index (χ2v) is 7.28. The van der Waals surface area contributed by atoms with Crippen molar-refractivity contribution in [3.63, 3.8) is 0 Å². The number of piperazine rings is 1. The highest BCUT2D eigenvalue weighted by molar-refractivity contribution is 5.17. The number of hydrogen-bond acceptors (Lipinski definition) is 4. The quantitative estimate of drug-likeness (QED) is 0.836. The summed E-state index contributed by atoms with van der Waals surface area (Å²) in [5.74, 6) is 0.784. The Morgan fingerprint density at radius 3 is 2.48 bits per heavy atom. The second kappa shape index (κ2) is 7.22. The summed E-state index contributed by atoms with van der Waals surface area (Å²) in [5, 5.41) is 8.49. The van der Waals surface area contributed by atoms with Gasteiger partial charge in [-0.3, -0.25) is 9.80 Å². The van der Waals surface area contributed by atoms with Crippen LogP contribution in [-0.4, -0.2) is 56.8 Å². The van der Waals surface area contributed by atoms with Crippen molar-refractivity contribution in [3.05, 3.63) is 47.8 Å². The van der Waals surface area contributed by atoms with Crippen LogP contribution < -0.4 is 0 Å². The summed E-state index contributed by atoms with van der Waals surface area (Å²) < 4.78 is 15.2. The topological polar surface area (TPSA) is 37.2 Å². The lowest BCUT2D eigenvalue weighted by atomic mass is 9.91. The van der Waals surface area contributed by atoms with Crippen molar-refractivity contribution in [1.82, 2.24) is 24.6 Å². The zero-order chi connectivity index (χ0) is 17.2. The van der Waals surface area contributed by atoms with Crippen molar-refractivity contribution in [3.8, 4) is 0 Å². The average Bonchev–Trinajstić information content (AvgIpc) is 3.03. The van der Waals surface area contributed by atoms with Gasteiger partial charge >= 0.3 is 0 Å². The molecule has 0 N–H and O–H groups in total. The summed E-state index contributed by atoms with van der Waals surface area (Å²) in [4.78, 5) is 5.15. The molecule has 25 heavy (non-hydrogen) atoms. The number of nitrogens with zero attached hydrogens (tertiary/aromatic N) is 5. The Hall–Kier alpha value is -1.79. The maximum absolute atomic E-state index is 13.1. The standard InChI is InChI=1S/C19H26FN5/c1-15(23-9-11-24(12-10-23)18-3-2-4-18)19-22-21-14-25(19)13-16-5-7-17(20)8-6-16/h5-8,14-15,18H,2-4,9-13H2,1H3. The average molecular weight is 343 g/mol. The normalized spacial score (nSPS) is 21.2. The molecule has 4 rings (SSSR count). The maximum Gasteiger partial charge on any atom is 0.150 e. The molecule has 1 aliphatic heterocycles. The van der Waals surface area contributed by atoms with Gasteiger partial charge in [-0.2, -0.15) is 0 Å². The first-order chi connectivity index (χ1) is 12.2. The summed E-state index contributed by atoms with van der Waals surface area (Å²) in [7, 11) is 0. The monoisotopic (exact) mass is 343 g/mol. The summed E-state index contributed by atoms with van der Waals surface area (Å²) >= 11 is 0. The molecule has 2 aromatic rings. The fourth-order valence-electron chi connectivity index (χ4n) is 3.90. The Morgan fingerprint density at radius 2 is 1.84 bits per heavy atom. The highest BCUT2D eigenvalue weighted by Gasteiger charge is 2.30. The number of hydrogen-bond donors (Lipinski definition) is 0. The Morgan fingerprint density at radius 1 is 1.12 bits per heavy atom. The molecule has 1 aliphatic carbocycles. The molecule has 0 radical (unpaired) electrons. The summed E-state index contributed by atoms with van der Waals surface area (Å²) in [5.41, 5.74) is 1.06. The van der Waals surface area contributed by atoms with E-state index in [-0.39, 0.29) is 11.9 Å². The number of rotatable bonds is 5. The van der Waals surface area contributed by atoms with Crippen molar-refractivity contribution in [1.29, 1.82) is 0 Å². The Balaban J connectivity index is 1.40. The molecule has 1 saturated carbocycles. The summed E-state index contributed by atoms with van der Waals surface area (Å²) in [6, 6.07) is 7.72. The molecular formula is C19H26FN5. The van der Waals surface area contributed by atoms with Crippen molar-refractivity contribution < 1.29 is 4.39 Å². The summed E-state index contributed by atoms with van der Waals surface area (Å²) in [6.07, 6.45) is 5.93. The van der Waals surface area contributed by atoms with Gasteiger partial charge in [-0.25, -0.2) is 4.39 Å². The van der Waals surface area contributed by atoms with E-state index in [1.165, 1.54) is 31.4 Å². The van der Waals surface area contributed by atoms with Gasteiger partial charge in [-0.15, -0.1) is 10.2 Å². The maximum atomic E-state index is 13.1. The molecular weight excluding hydrogens is 317 g/mol. The van der Waals surface area contributed by atoms with Crippen molar-refractivity contribution >= 4 is 0 Å². The van der Waals surface area contributed by atoms with E-state index < -0.39 is 0 Å². The van der Waals surface area contributed by atoms with Crippen LogP contribution in [0.25, 0.3) is 0 Å². The molecule has 1 aromatic carbocycles. The first-order valence-electron chi connectivity index (χ1n) is 9.31. The molecule has 1 atom stereocenters. The van der Waals surface area contributed by atoms with E-state index in [1.807, 2.05) is 12.1 Å². The third-order valence-corrected chi connectivity index (χ3v) is 5.77. The second-order valence-electron chi connectivity index (χ2n) is 7.28. The lowest BCUT2D eigenvalue weighted by Gasteiger charge is -2.44. The van der Waals surface area contributed by atoms with Gasteiger partial charge in [0, 0.05) is 32.2 Å². The SMILES string of the molecule is CC(c1nncn1Cc1ccc(F)cc1)N1CCN(C2CCC2)CC1. The zero-order valence-electron chi connectivity index (χ0n) is 14.8. The number of aromatic nitrogens is 3. The van der Waals surface area contributed by atoms with Crippen molar-refractivity contribution in [2.75, 3.05) is 26.2 Å². The predicted molar refractivity (Wildman–Crippen MR) is 94.7 cm³/mol. The van der Waals surface area contributed by atoms with Crippen molar-refractivity contribution in [2.45, 2.75) is 44.8 Å². The van der Waals surface area contributed by atoms with Crippen LogP contribution in [0.5, 0.6) is 0 Å². The Bertz CT molecular complexity index is 686. The van der Waals surface area contributed by atoms with Crippen LogP contribution in [0.3, 0.4) is 0 Å². The van der Waals surface area contributed by atoms with Crippen LogP contribution in [0.4, 0.5) is 4.39 Å². The van der Waals surface area contributed by atoms with Gasteiger partial charge in [0.1, 0.15) is 18.0 Å². The smallest absolute Gasteiger partial charge is 0.150 e. The molecule has 1 aromatic heterocycles. The third-order valence-electron chi connectivity index (χ3n) is 5.77. The molecule has 2 heterocycles. The number of halogens is 1. The molecule has 0 amide bonds. The molecule has 134 valence electrons. The lowest BCUT2D eigenvalue weighted by Crippen LogP contribution is -2.52. The van der Waals surface area contributed by atoms with E-state index in [4.69, 9.17) is 0 Å². The van der Waals surface area contributed by atoms with Gasteiger partial charge < -0.3 is 4.57 Å². The van der Waals surface area contributed by atoms with Gasteiger partial charge in [-0.05, 0) is 37.5 Å². The first kappa shape index (κ1) is 16.7. The molecule has 0 bridgehead atoms. The van der Waals surface area contributed by atoms with Gasteiger partial charge in [-0.1, -0.05) is 18.6 Å². The van der Waals surface area contributed by atoms with E-state index in [2.05, 4.69) is 31.5 Å². The van der Waals surface area contributed by atoms with E-state index in [1.54, 1.807) is 6.33 Å². The minimum atomic E-state index is -0.203. The fourth-order valence-corrected chi connectivity index (χ4v) is 3.90. The van der Waals surface area contributed by atoms with Crippen molar-refractivity contribution in [2.24, 2.45) is 0 Å². The highest BCUT2D eigenvalue weighted by Crippen LogP contribution is 2.27. The minimum absolute atomic E-state index is 0.203. The van der Waals surface area contributed by atoms with Gasteiger partial charge in [0.05, 0.1) is 12.6 Å². The largest absolute Gasteiger partial charge is 0.312 e. The molecule has 0 spiro atoms. The molecule has 1 saturated heterocycles. The van der Waals surface area contributed by atoms with Crippen LogP contribution in [-0.2, 0) is 6.54 Å². The van der Waals surface area contributed by atoms with E-state index in [0.717, 1.165) is 43.6 Å². The lowest BCUT2D eigenvalue weighted by molar-refractivity contribution is 0.0436. The molecule has 6 heteroatoms. The molecule has 1 unspecified atom stereocenters. The van der Waals surface area contributed by atoms with E-state index in [0.29, 0.717) is 6.54 Å².